The summed E-state index contributed by atoms with van der Waals surface area (Å²) in [6.07, 6.45) is 0. The molecule has 5 aromatic carbocycles. The Labute approximate surface area is 383 Å². The van der Waals surface area contributed by atoms with Gasteiger partial charge < -0.3 is 9.11 Å². The van der Waals surface area contributed by atoms with Gasteiger partial charge in [-0.25, -0.2) is 0 Å². The Bertz CT molecular complexity index is 2530. The Morgan fingerprint density at radius 3 is 1.20 bits per heavy atom. The number of hydrazone groups is 2. The van der Waals surface area contributed by atoms with E-state index in [2.05, 4.69) is 30.7 Å². The number of amides is 2. The summed E-state index contributed by atoms with van der Waals surface area (Å²) in [5.74, 6) is -1.07. The molecular weight excluding hydrogens is 819 g/mol. The largest absolute Gasteiger partial charge is 1.00 e. The van der Waals surface area contributed by atoms with Crippen LogP contribution in [0.3, 0.4) is 0 Å². The molecule has 0 radical (unpaired) electrons. The van der Waals surface area contributed by atoms with Crippen molar-refractivity contribution < 1.29 is 94.6 Å². The number of nitrogens with zero attached hydrogens (tertiary/aromatic N) is 8. The van der Waals surface area contributed by atoms with E-state index in [4.69, 9.17) is 9.11 Å². The quantitative estimate of drug-likeness (QED) is 0.0733. The van der Waals surface area contributed by atoms with E-state index in [0.29, 0.717) is 34.2 Å². The van der Waals surface area contributed by atoms with Crippen LogP contribution in [0.15, 0.2) is 168 Å². The first-order valence-electron chi connectivity index (χ1n) is 17.2. The van der Waals surface area contributed by atoms with Crippen molar-refractivity contribution in [2.24, 2.45) is 30.7 Å². The van der Waals surface area contributed by atoms with Gasteiger partial charge in [0.2, 0.25) is 0 Å². The molecule has 0 saturated heterocycles. The predicted octanol–water partition coefficient (Wildman–Crippen LogP) is -0.549. The molecule has 2 aliphatic rings. The molecule has 2 unspecified atom stereocenters. The first kappa shape index (κ1) is 45.5. The maximum atomic E-state index is 13.2. The van der Waals surface area contributed by atoms with Gasteiger partial charge in [-0.05, 0) is 103 Å². The number of carbonyl (C=O) groups excluding carboxylic acids is 2. The molecule has 0 fully saturated rings. The summed E-state index contributed by atoms with van der Waals surface area (Å²) >= 11 is 0. The van der Waals surface area contributed by atoms with Crippen LogP contribution in [0.2, 0.25) is 0 Å². The smallest absolute Gasteiger partial charge is 0.329 e. The Kier molecular flexibility index (Phi) is 14.5. The molecule has 2 aliphatic heterocycles. The molecule has 2 heterocycles. The Morgan fingerprint density at radius 1 is 0.525 bits per heavy atom. The van der Waals surface area contributed by atoms with Crippen LogP contribution in [0.1, 0.15) is 36.5 Å². The number of rotatable bonds is 11. The topological polar surface area (TPSA) is 229 Å². The number of azo groups is 2. The second-order valence-electron chi connectivity index (χ2n) is 13.0. The molecule has 0 spiro atoms. The first-order chi connectivity index (χ1) is 27.2. The van der Waals surface area contributed by atoms with E-state index in [9.17, 15) is 26.4 Å². The second kappa shape index (κ2) is 18.8. The minimum atomic E-state index is -4.14. The van der Waals surface area contributed by atoms with E-state index in [1.54, 1.807) is 38.1 Å². The second-order valence-corrected chi connectivity index (χ2v) is 16.0. The molecule has 2 atom stereocenters. The average Bonchev–Trinajstić information content (AvgIpc) is 3.65. The van der Waals surface area contributed by atoms with Crippen LogP contribution in [0, 0.1) is 0 Å². The summed E-state index contributed by atoms with van der Waals surface area (Å²) < 4.78 is 60.5. The third-order valence-electron chi connectivity index (χ3n) is 9.14. The molecule has 0 aliphatic carbocycles. The van der Waals surface area contributed by atoms with Crippen molar-refractivity contribution in [2.75, 3.05) is 10.0 Å². The first-order valence-corrected chi connectivity index (χ1v) is 20.2. The van der Waals surface area contributed by atoms with Crippen molar-refractivity contribution in [1.29, 1.82) is 0 Å². The number of hydrogen-bond donors (Lipinski definition) is 0. The summed E-state index contributed by atoms with van der Waals surface area (Å²) in [4.78, 5) is 26.0. The molecule has 288 valence electrons. The van der Waals surface area contributed by atoms with Crippen LogP contribution < -0.4 is 69.1 Å². The van der Waals surface area contributed by atoms with E-state index < -0.39 is 44.1 Å². The fraction of sp³-hybridized carbons (Fsp3) is 0.128. The van der Waals surface area contributed by atoms with E-state index >= 15 is 0 Å². The molecule has 0 saturated carbocycles. The maximum Gasteiger partial charge on any atom is 1.00 e. The molecule has 2 amide bonds. The molecule has 59 heavy (non-hydrogen) atoms. The van der Waals surface area contributed by atoms with Gasteiger partial charge >= 0.3 is 79.4 Å². The predicted molar refractivity (Wildman–Crippen MR) is 213 cm³/mol. The standard InChI is InChI=1S/C39H32N8O8S2.2Na/c1-24-36(38(48)46(44-24)31-16-20-33(21-17-31)56(50,51)52)42-40-29-12-8-27(9-13-29)35(26-6-4-3-5-7-26)28-10-14-30(15-11-28)41-43-37-25(2)45-47(39(37)49)32-18-22-34(23-19-32)57(53,54)55;;/h3-23,35-37H,1-2H3,(H,50,51,52)(H,53,54,55);;/q;2*+1/p+2. The van der Waals surface area contributed by atoms with Crippen molar-refractivity contribution in [3.63, 3.8) is 0 Å². The molecule has 7 rings (SSSR count). The van der Waals surface area contributed by atoms with E-state index in [-0.39, 0.29) is 74.8 Å². The van der Waals surface area contributed by atoms with Crippen LogP contribution >= 0.6 is 0 Å². The van der Waals surface area contributed by atoms with Crippen LogP contribution in [-0.4, -0.2) is 61.3 Å². The van der Waals surface area contributed by atoms with Crippen LogP contribution in [0.5, 0.6) is 0 Å². The SMILES string of the molecule is CC1=NN(c2ccc(S(=O)(=O)[OH2+])cc2)C(=O)C1N=Nc1ccc(C(c2ccccc2)c2ccc(N=NC3C(=O)N(c4ccc(S(=O)(=O)[OH2+])cc4)N=C3C)cc2)cc1.[Na+].[Na+]. The van der Waals surface area contributed by atoms with Gasteiger partial charge in [0.1, 0.15) is 9.79 Å². The third kappa shape index (κ3) is 10.2. The third-order valence-corrected chi connectivity index (χ3v) is 10.9. The van der Waals surface area contributed by atoms with Gasteiger partial charge in [0, 0.05) is 5.92 Å². The van der Waals surface area contributed by atoms with Crippen molar-refractivity contribution in [3.8, 4) is 0 Å². The fourth-order valence-electron chi connectivity index (χ4n) is 6.22. The van der Waals surface area contributed by atoms with Crippen LogP contribution in [0.4, 0.5) is 22.7 Å². The van der Waals surface area contributed by atoms with Crippen LogP contribution in [0.25, 0.3) is 0 Å². The summed E-state index contributed by atoms with van der Waals surface area (Å²) in [5, 5.41) is 28.1. The van der Waals surface area contributed by atoms with Gasteiger partial charge in [0.05, 0.1) is 34.2 Å². The molecule has 5 aromatic rings. The summed E-state index contributed by atoms with van der Waals surface area (Å²) in [5.41, 5.74) is 5.50. The molecule has 20 heteroatoms. The Hall–Kier alpha value is -4.60. The zero-order valence-electron chi connectivity index (χ0n) is 32.2. The minimum absolute atomic E-state index is 0. The van der Waals surface area contributed by atoms with Gasteiger partial charge in [-0.1, -0.05) is 54.6 Å². The van der Waals surface area contributed by atoms with Crippen molar-refractivity contribution in [3.05, 3.63) is 144 Å². The van der Waals surface area contributed by atoms with Crippen molar-refractivity contribution in [2.45, 2.75) is 41.6 Å². The monoisotopic (exact) mass is 852 g/mol. The molecule has 0 bridgehead atoms. The Morgan fingerprint density at radius 2 is 0.864 bits per heavy atom. The van der Waals surface area contributed by atoms with Crippen molar-refractivity contribution >= 4 is 66.2 Å². The van der Waals surface area contributed by atoms with E-state index in [1.165, 1.54) is 48.5 Å². The number of carbonyl (C=O) groups is 2. The van der Waals surface area contributed by atoms with E-state index in [1.807, 2.05) is 54.6 Å². The van der Waals surface area contributed by atoms with E-state index in [0.717, 1.165) is 26.7 Å². The van der Waals surface area contributed by atoms with Gasteiger partial charge in [0.15, 0.2) is 12.1 Å². The molecule has 16 nitrogen and oxygen atoms in total. The summed E-state index contributed by atoms with van der Waals surface area (Å²) in [6, 6.07) is 33.5. The number of anilines is 2. The zero-order valence-corrected chi connectivity index (χ0v) is 37.8. The summed E-state index contributed by atoms with van der Waals surface area (Å²) in [7, 11) is -8.28. The van der Waals surface area contributed by atoms with Gasteiger partial charge in [0.25, 0.3) is 11.8 Å². The normalized spacial score (nSPS) is 17.5. The molecular formula is C39H34N8Na2O8S2+4. The van der Waals surface area contributed by atoms with Crippen molar-refractivity contribution in [1.82, 2.24) is 0 Å². The molecule has 4 N–H and O–H groups in total. The number of benzene rings is 5. The van der Waals surface area contributed by atoms with Crippen LogP contribution in [-0.2, 0) is 29.8 Å². The van der Waals surface area contributed by atoms with Gasteiger partial charge in [-0.15, -0.1) is 16.8 Å². The average molecular weight is 853 g/mol. The minimum Gasteiger partial charge on any atom is -0.329 e. The Balaban J connectivity index is 0.00000331. The number of hydrogen-bond acceptors (Lipinski definition) is 12. The van der Waals surface area contributed by atoms with Gasteiger partial charge in [-0.2, -0.15) is 40.7 Å². The zero-order chi connectivity index (χ0) is 40.5. The maximum absolute atomic E-state index is 13.2. The summed E-state index contributed by atoms with van der Waals surface area (Å²) in [6.45, 7) is 3.31. The fourth-order valence-corrected chi connectivity index (χ4v) is 7.21. The molecule has 0 aromatic heterocycles. The van der Waals surface area contributed by atoms with Gasteiger partial charge in [-0.3, -0.25) is 9.59 Å².